The first kappa shape index (κ1) is 39.4. The quantitative estimate of drug-likeness (QED) is 0.154. The maximum Gasteiger partial charge on any atom is 0.328 e. The van der Waals surface area contributed by atoms with E-state index in [4.69, 9.17) is 5.73 Å². The number of nitrogens with one attached hydrogen (secondary N) is 1. The number of aryl methyl sites for hydroxylation is 1. The van der Waals surface area contributed by atoms with Crippen LogP contribution in [-0.4, -0.2) is 106 Å². The Kier molecular flexibility index (Phi) is 10.7. The number of halogens is 1. The molecule has 1 atom stereocenters. The summed E-state index contributed by atoms with van der Waals surface area (Å²) in [7, 11) is 0. The summed E-state index contributed by atoms with van der Waals surface area (Å²) in [5.41, 5.74) is 11.6. The molecule has 2 aromatic heterocycles. The van der Waals surface area contributed by atoms with Crippen LogP contribution in [0.5, 0.6) is 5.75 Å². The predicted molar refractivity (Wildman–Crippen MR) is 230 cm³/mol. The number of imide groups is 1. The second kappa shape index (κ2) is 16.2. The number of carbonyl (C=O) groups is 3. The minimum absolute atomic E-state index is 0.0578. The first-order valence-electron chi connectivity index (χ1n) is 21.2. The molecular formula is C46H52FN9O4. The number of hydrogen-bond donors (Lipinski definition) is 3. The summed E-state index contributed by atoms with van der Waals surface area (Å²) in [5.74, 6) is 0.419. The molecule has 5 aromatic rings. The number of hydrogen-bond acceptors (Lipinski definition) is 9. The molecule has 4 saturated heterocycles. The number of likely N-dealkylation sites (tertiary alicyclic amines) is 2. The molecule has 14 heteroatoms. The number of carbonyl (C=O) groups excluding carboxylic acids is 3. The van der Waals surface area contributed by atoms with Crippen molar-refractivity contribution in [3.8, 4) is 17.0 Å². The lowest BCUT2D eigenvalue weighted by Gasteiger charge is -2.41. The van der Waals surface area contributed by atoms with Crippen LogP contribution in [0.1, 0.15) is 78.4 Å². The summed E-state index contributed by atoms with van der Waals surface area (Å²) < 4.78 is 18.7. The zero-order valence-electron chi connectivity index (χ0n) is 34.0. The number of para-hydroxylation sites is 1. The van der Waals surface area contributed by atoms with Gasteiger partial charge in [0.1, 0.15) is 11.4 Å². The van der Waals surface area contributed by atoms with Crippen molar-refractivity contribution in [2.75, 3.05) is 67.9 Å². The third-order valence-corrected chi connectivity index (χ3v) is 13.3. The predicted octanol–water partition coefficient (Wildman–Crippen LogP) is 6.81. The van der Waals surface area contributed by atoms with E-state index in [-0.39, 0.29) is 35.9 Å². The van der Waals surface area contributed by atoms with Gasteiger partial charge in [0, 0.05) is 117 Å². The number of nitrogens with zero attached hydrogens (tertiary/aromatic N) is 7. The van der Waals surface area contributed by atoms with Gasteiger partial charge in [-0.2, -0.15) is 0 Å². The highest BCUT2D eigenvalue weighted by Gasteiger charge is 2.39. The lowest BCUT2D eigenvalue weighted by atomic mass is 9.89. The Morgan fingerprint density at radius 3 is 2.43 bits per heavy atom. The van der Waals surface area contributed by atoms with Gasteiger partial charge in [0.25, 0.3) is 5.91 Å². The SMILES string of the molecule is Cc1c(N2CCC(=O)NC2=O)ccc2c1ccn2C1CCN(CC2(F)CCN(C(=O)c3ccc([C@H]4CCCN(c5cc(-c6ccccc6O)nnc5N)C4)cc3)CC2)CC1. The molecule has 13 nitrogen and oxygen atoms in total. The fourth-order valence-electron chi connectivity index (χ4n) is 9.82. The number of phenols is 1. The van der Waals surface area contributed by atoms with Gasteiger partial charge in [-0.1, -0.05) is 24.3 Å². The lowest BCUT2D eigenvalue weighted by Crippen LogP contribution is -2.51. The molecular weight excluding hydrogens is 762 g/mol. The minimum Gasteiger partial charge on any atom is -0.507 e. The van der Waals surface area contributed by atoms with Crippen LogP contribution in [0.25, 0.3) is 22.2 Å². The Bertz CT molecular complexity index is 2420. The van der Waals surface area contributed by atoms with Gasteiger partial charge < -0.3 is 30.1 Å². The number of nitrogens with two attached hydrogens (primary N) is 1. The van der Waals surface area contributed by atoms with Gasteiger partial charge in [-0.3, -0.25) is 19.8 Å². The smallest absolute Gasteiger partial charge is 0.328 e. The number of urea groups is 1. The van der Waals surface area contributed by atoms with Crippen LogP contribution >= 0.6 is 0 Å². The third-order valence-electron chi connectivity index (χ3n) is 13.3. The van der Waals surface area contributed by atoms with Crippen molar-refractivity contribution < 1.29 is 23.9 Å². The van der Waals surface area contributed by atoms with Crippen molar-refractivity contribution in [1.82, 2.24) is 29.9 Å². The highest BCUT2D eigenvalue weighted by atomic mass is 19.1. The van der Waals surface area contributed by atoms with Gasteiger partial charge in [-0.15, -0.1) is 10.2 Å². The van der Waals surface area contributed by atoms with E-state index in [0.717, 1.165) is 85.3 Å². The summed E-state index contributed by atoms with van der Waals surface area (Å²) in [6.45, 7) is 6.71. The van der Waals surface area contributed by atoms with E-state index in [2.05, 4.69) is 48.2 Å². The lowest BCUT2D eigenvalue weighted by molar-refractivity contribution is -0.120. The largest absolute Gasteiger partial charge is 0.507 e. The molecule has 0 aliphatic carbocycles. The first-order valence-corrected chi connectivity index (χ1v) is 21.2. The average molecular weight is 814 g/mol. The maximum atomic E-state index is 16.4. The molecule has 4 N–H and O–H groups in total. The van der Waals surface area contributed by atoms with Crippen molar-refractivity contribution in [2.24, 2.45) is 0 Å². The number of aromatic nitrogens is 3. The number of benzene rings is 3. The highest BCUT2D eigenvalue weighted by molar-refractivity contribution is 6.07. The van der Waals surface area contributed by atoms with E-state index in [1.807, 2.05) is 55.5 Å². The van der Waals surface area contributed by atoms with Crippen LogP contribution in [0.2, 0.25) is 0 Å². The summed E-state index contributed by atoms with van der Waals surface area (Å²) in [4.78, 5) is 45.7. The van der Waals surface area contributed by atoms with Crippen LogP contribution in [0, 0.1) is 6.92 Å². The number of aromatic hydroxyl groups is 1. The van der Waals surface area contributed by atoms with E-state index in [0.29, 0.717) is 67.7 Å². The van der Waals surface area contributed by atoms with Crippen molar-refractivity contribution in [3.63, 3.8) is 0 Å². The number of rotatable bonds is 8. The maximum absolute atomic E-state index is 16.4. The van der Waals surface area contributed by atoms with Crippen LogP contribution in [0.4, 0.5) is 26.4 Å². The first-order chi connectivity index (χ1) is 29.0. The van der Waals surface area contributed by atoms with Crippen molar-refractivity contribution in [2.45, 2.75) is 69.5 Å². The van der Waals surface area contributed by atoms with Crippen molar-refractivity contribution in [3.05, 3.63) is 95.7 Å². The Labute approximate surface area is 348 Å². The van der Waals surface area contributed by atoms with E-state index in [9.17, 15) is 19.5 Å². The fourth-order valence-corrected chi connectivity index (χ4v) is 9.82. The van der Waals surface area contributed by atoms with Gasteiger partial charge >= 0.3 is 6.03 Å². The van der Waals surface area contributed by atoms with Gasteiger partial charge in [0.05, 0.1) is 11.4 Å². The molecule has 0 saturated carbocycles. The molecule has 312 valence electrons. The zero-order valence-corrected chi connectivity index (χ0v) is 34.0. The molecule has 0 spiro atoms. The zero-order chi connectivity index (χ0) is 41.5. The van der Waals surface area contributed by atoms with E-state index in [1.165, 1.54) is 0 Å². The summed E-state index contributed by atoms with van der Waals surface area (Å²) in [6.07, 6.45) is 6.84. The number of amides is 4. The Morgan fingerprint density at radius 1 is 0.917 bits per heavy atom. The van der Waals surface area contributed by atoms with Crippen LogP contribution in [0.3, 0.4) is 0 Å². The fraction of sp³-hybridized carbons (Fsp3) is 0.413. The van der Waals surface area contributed by atoms with Gasteiger partial charge in [-0.05, 0) is 92.3 Å². The normalized spacial score (nSPS) is 20.4. The molecule has 3 aromatic carbocycles. The van der Waals surface area contributed by atoms with E-state index in [1.54, 1.807) is 21.9 Å². The average Bonchev–Trinajstić information content (AvgIpc) is 3.70. The summed E-state index contributed by atoms with van der Waals surface area (Å²) in [6, 6.07) is 22.9. The topological polar surface area (TPSA) is 153 Å². The summed E-state index contributed by atoms with van der Waals surface area (Å²) in [5, 5.41) is 22.3. The molecule has 4 aliphatic heterocycles. The summed E-state index contributed by atoms with van der Waals surface area (Å²) >= 11 is 0. The Morgan fingerprint density at radius 2 is 1.68 bits per heavy atom. The number of piperidine rings is 3. The third kappa shape index (κ3) is 7.76. The molecule has 4 aliphatic rings. The van der Waals surface area contributed by atoms with Crippen LogP contribution in [0.15, 0.2) is 79.0 Å². The highest BCUT2D eigenvalue weighted by Crippen LogP contribution is 2.38. The number of phenolic OH excluding ortho intramolecular Hbond substituents is 1. The van der Waals surface area contributed by atoms with E-state index >= 15 is 4.39 Å². The molecule has 9 rings (SSSR count). The number of anilines is 3. The standard InChI is InChI=1S/C46H52FN9O4/c1-30-35-16-23-55(39(35)13-12-38(30)56-24-17-42(58)49-45(56)60)34-14-21-52(22-15-34)29-46(47)18-25-53(26-19-46)44(59)32-10-8-31(9-11-32)33-5-4-20-54(28-33)40-27-37(50-51-43(40)48)36-6-2-3-7-41(36)57/h2-3,6-13,16,23,27,33-34,57H,4-5,14-15,17-22,24-26,28-29H2,1H3,(H2,48,51)(H,49,58,60)/t33-/m0/s1. The molecule has 60 heavy (non-hydrogen) atoms. The van der Waals surface area contributed by atoms with E-state index < -0.39 is 5.67 Å². The van der Waals surface area contributed by atoms with Crippen molar-refractivity contribution in [1.29, 1.82) is 0 Å². The molecule has 0 radical (unpaired) electrons. The van der Waals surface area contributed by atoms with Crippen LogP contribution < -0.4 is 20.9 Å². The van der Waals surface area contributed by atoms with Crippen LogP contribution in [-0.2, 0) is 4.79 Å². The van der Waals surface area contributed by atoms with Gasteiger partial charge in [0.15, 0.2) is 5.82 Å². The Hall–Kier alpha value is -6.02. The second-order valence-corrected chi connectivity index (χ2v) is 17.0. The number of alkyl halides is 1. The molecule has 4 fully saturated rings. The molecule has 6 heterocycles. The van der Waals surface area contributed by atoms with Crippen molar-refractivity contribution >= 4 is 45.9 Å². The molecule has 0 unspecified atom stereocenters. The van der Waals surface area contributed by atoms with Gasteiger partial charge in [0.2, 0.25) is 5.91 Å². The number of nitrogen functional groups attached to an aromatic ring is 1. The number of fused-ring (bicyclic) bond motifs is 1. The van der Waals surface area contributed by atoms with Gasteiger partial charge in [-0.25, -0.2) is 9.18 Å². The monoisotopic (exact) mass is 813 g/mol. The molecule has 0 bridgehead atoms. The second-order valence-electron chi connectivity index (χ2n) is 17.0. The Balaban J connectivity index is 0.767. The minimum atomic E-state index is -1.34. The molecule has 4 amide bonds.